The van der Waals surface area contributed by atoms with E-state index in [0.29, 0.717) is 25.2 Å². The molecule has 3 aromatic rings. The highest BCUT2D eigenvalue weighted by Crippen LogP contribution is 2.18. The molecule has 2 aromatic heterocycles. The third-order valence-electron chi connectivity index (χ3n) is 5.66. The summed E-state index contributed by atoms with van der Waals surface area (Å²) in [5.74, 6) is -0.316. The molecule has 0 aliphatic carbocycles. The van der Waals surface area contributed by atoms with E-state index in [1.165, 1.54) is 5.39 Å². The summed E-state index contributed by atoms with van der Waals surface area (Å²) in [6.07, 6.45) is 3.78. The van der Waals surface area contributed by atoms with Crippen LogP contribution in [-0.2, 0) is 17.8 Å². The zero-order valence-corrected chi connectivity index (χ0v) is 17.0. The van der Waals surface area contributed by atoms with E-state index in [1.807, 2.05) is 18.2 Å². The summed E-state index contributed by atoms with van der Waals surface area (Å²) in [6.45, 7) is 6.21. The molecule has 1 saturated heterocycles. The van der Waals surface area contributed by atoms with Crippen molar-refractivity contribution in [1.82, 2.24) is 14.5 Å². The number of ether oxygens (including phenoxy) is 1. The second-order valence-electron chi connectivity index (χ2n) is 7.72. The molecule has 1 atom stereocenters. The number of hydrogen-bond acceptors (Lipinski definition) is 3. The second-order valence-corrected chi connectivity index (χ2v) is 7.72. The number of para-hydroxylation sites is 1. The molecule has 1 aromatic carbocycles. The first-order chi connectivity index (χ1) is 14.0. The van der Waals surface area contributed by atoms with Gasteiger partial charge in [0.15, 0.2) is 0 Å². The van der Waals surface area contributed by atoms with E-state index in [1.54, 1.807) is 17.7 Å². The van der Waals surface area contributed by atoms with Crippen molar-refractivity contribution in [2.24, 2.45) is 0 Å². The number of pyridine rings is 1. The molecule has 4 rings (SSSR count). The van der Waals surface area contributed by atoms with Crippen LogP contribution in [0.2, 0.25) is 0 Å². The van der Waals surface area contributed by atoms with Gasteiger partial charge >= 0.3 is 0 Å². The summed E-state index contributed by atoms with van der Waals surface area (Å²) >= 11 is 0. The number of fused-ring (bicyclic) bond motifs is 1. The van der Waals surface area contributed by atoms with Crippen molar-refractivity contribution >= 4 is 16.8 Å². The Morgan fingerprint density at radius 3 is 2.86 bits per heavy atom. The highest BCUT2D eigenvalue weighted by molar-refractivity contribution is 5.95. The molecule has 152 valence electrons. The van der Waals surface area contributed by atoms with Crippen molar-refractivity contribution in [2.45, 2.75) is 45.9 Å². The molecule has 6 heteroatoms. The molecule has 6 nitrogen and oxygen atoms in total. The Morgan fingerprint density at radius 1 is 1.24 bits per heavy atom. The molecule has 0 bridgehead atoms. The fourth-order valence-corrected chi connectivity index (χ4v) is 4.11. The van der Waals surface area contributed by atoms with Gasteiger partial charge in [-0.2, -0.15) is 0 Å². The van der Waals surface area contributed by atoms with E-state index in [9.17, 15) is 9.59 Å². The number of carbonyl (C=O) groups is 1. The van der Waals surface area contributed by atoms with Gasteiger partial charge in [-0.1, -0.05) is 18.2 Å². The van der Waals surface area contributed by atoms with Crippen molar-refractivity contribution in [1.29, 1.82) is 0 Å². The molecule has 0 radical (unpaired) electrons. The topological polar surface area (TPSA) is 65.3 Å². The van der Waals surface area contributed by atoms with Crippen LogP contribution in [0.5, 0.6) is 0 Å². The zero-order valence-electron chi connectivity index (χ0n) is 17.0. The summed E-state index contributed by atoms with van der Waals surface area (Å²) in [5.41, 5.74) is 2.96. The van der Waals surface area contributed by atoms with Crippen molar-refractivity contribution in [3.63, 3.8) is 0 Å². The van der Waals surface area contributed by atoms with Gasteiger partial charge in [0.25, 0.3) is 11.5 Å². The number of benzene rings is 1. The maximum Gasteiger partial charge on any atom is 0.263 e. The first kappa shape index (κ1) is 19.5. The first-order valence-electron chi connectivity index (χ1n) is 10.2. The number of aromatic nitrogens is 2. The summed E-state index contributed by atoms with van der Waals surface area (Å²) in [4.78, 5) is 25.7. The van der Waals surface area contributed by atoms with Gasteiger partial charge in [0.2, 0.25) is 0 Å². The number of aryl methyl sites for hydroxylation is 2. The molecule has 1 unspecified atom stereocenters. The average molecular weight is 393 g/mol. The first-order valence-corrected chi connectivity index (χ1v) is 10.2. The smallest absolute Gasteiger partial charge is 0.263 e. The molecule has 0 spiro atoms. The third kappa shape index (κ3) is 3.98. The van der Waals surface area contributed by atoms with Crippen LogP contribution in [0.25, 0.3) is 10.9 Å². The lowest BCUT2D eigenvalue weighted by Gasteiger charge is -2.15. The molecule has 1 amide bonds. The van der Waals surface area contributed by atoms with Gasteiger partial charge in [-0.3, -0.25) is 9.59 Å². The van der Waals surface area contributed by atoms with E-state index in [-0.39, 0.29) is 23.1 Å². The van der Waals surface area contributed by atoms with Crippen LogP contribution in [0.15, 0.2) is 47.4 Å². The number of nitrogens with one attached hydrogen (secondary N) is 1. The second kappa shape index (κ2) is 8.25. The molecule has 1 fully saturated rings. The Hall–Kier alpha value is -2.86. The Morgan fingerprint density at radius 2 is 2.07 bits per heavy atom. The van der Waals surface area contributed by atoms with E-state index in [0.717, 1.165) is 30.7 Å². The molecule has 3 heterocycles. The molecule has 1 N–H and O–H groups in total. The standard InChI is InChI=1S/C23H27N3O3/c1-16-9-11-25(15-19-7-5-13-29-19)23(28)21(16)22(27)24-10-12-26-17(2)14-18-6-3-4-8-20(18)26/h3-4,6,8-9,11,14,19H,5,7,10,12-13,15H2,1-2H3,(H,24,27). The highest BCUT2D eigenvalue weighted by atomic mass is 16.5. The third-order valence-corrected chi connectivity index (χ3v) is 5.66. The molecular formula is C23H27N3O3. The van der Waals surface area contributed by atoms with Crippen molar-refractivity contribution < 1.29 is 9.53 Å². The van der Waals surface area contributed by atoms with Crippen molar-refractivity contribution in [3.05, 3.63) is 69.8 Å². The Balaban J connectivity index is 1.46. The predicted octanol–water partition coefficient (Wildman–Crippen LogP) is 3.03. The Labute approximate surface area is 170 Å². The lowest BCUT2D eigenvalue weighted by Crippen LogP contribution is -2.36. The van der Waals surface area contributed by atoms with Crippen LogP contribution < -0.4 is 10.9 Å². The lowest BCUT2D eigenvalue weighted by atomic mass is 10.1. The van der Waals surface area contributed by atoms with Crippen LogP contribution in [0.4, 0.5) is 0 Å². The van der Waals surface area contributed by atoms with E-state index >= 15 is 0 Å². The largest absolute Gasteiger partial charge is 0.376 e. The highest BCUT2D eigenvalue weighted by Gasteiger charge is 2.20. The van der Waals surface area contributed by atoms with Crippen LogP contribution in [0.3, 0.4) is 0 Å². The lowest BCUT2D eigenvalue weighted by molar-refractivity contribution is 0.0929. The van der Waals surface area contributed by atoms with Gasteiger partial charge in [-0.05, 0) is 55.8 Å². The van der Waals surface area contributed by atoms with Gasteiger partial charge in [0.05, 0.1) is 12.6 Å². The van der Waals surface area contributed by atoms with Crippen molar-refractivity contribution in [3.8, 4) is 0 Å². The Bertz CT molecular complexity index is 1090. The number of rotatable bonds is 6. The Kier molecular flexibility index (Phi) is 5.53. The molecule has 29 heavy (non-hydrogen) atoms. The number of amides is 1. The van der Waals surface area contributed by atoms with Gasteiger partial charge in [-0.25, -0.2) is 0 Å². The van der Waals surface area contributed by atoms with Crippen LogP contribution in [-0.4, -0.2) is 34.3 Å². The minimum absolute atomic E-state index is 0.0521. The van der Waals surface area contributed by atoms with Crippen LogP contribution in [0, 0.1) is 13.8 Å². The summed E-state index contributed by atoms with van der Waals surface area (Å²) in [5, 5.41) is 4.11. The molecular weight excluding hydrogens is 366 g/mol. The van der Waals surface area contributed by atoms with E-state index in [4.69, 9.17) is 4.74 Å². The predicted molar refractivity (Wildman–Crippen MR) is 113 cm³/mol. The van der Waals surface area contributed by atoms with Crippen LogP contribution in [0.1, 0.15) is 34.5 Å². The normalized spacial score (nSPS) is 16.4. The van der Waals surface area contributed by atoms with Gasteiger partial charge in [-0.15, -0.1) is 0 Å². The number of hydrogen-bond donors (Lipinski definition) is 1. The molecule has 1 aliphatic rings. The van der Waals surface area contributed by atoms with Crippen LogP contribution >= 0.6 is 0 Å². The quantitative estimate of drug-likeness (QED) is 0.700. The number of carbonyl (C=O) groups excluding carboxylic acids is 1. The minimum atomic E-state index is -0.316. The average Bonchev–Trinajstić information content (AvgIpc) is 3.32. The fourth-order valence-electron chi connectivity index (χ4n) is 4.11. The zero-order chi connectivity index (χ0) is 20.4. The minimum Gasteiger partial charge on any atom is -0.376 e. The monoisotopic (exact) mass is 393 g/mol. The van der Waals surface area contributed by atoms with Gasteiger partial charge < -0.3 is 19.2 Å². The summed E-state index contributed by atoms with van der Waals surface area (Å²) < 4.78 is 9.41. The maximum atomic E-state index is 12.9. The summed E-state index contributed by atoms with van der Waals surface area (Å²) in [6, 6.07) is 12.2. The SMILES string of the molecule is Cc1ccn(CC2CCCO2)c(=O)c1C(=O)NCCn1c(C)cc2ccccc21. The van der Waals surface area contributed by atoms with Gasteiger partial charge in [0.1, 0.15) is 5.56 Å². The maximum absolute atomic E-state index is 12.9. The summed E-state index contributed by atoms with van der Waals surface area (Å²) in [7, 11) is 0. The molecule has 0 saturated carbocycles. The van der Waals surface area contributed by atoms with E-state index in [2.05, 4.69) is 35.0 Å². The fraction of sp³-hybridized carbons (Fsp3) is 0.391. The molecule has 1 aliphatic heterocycles. The van der Waals surface area contributed by atoms with Gasteiger partial charge in [0, 0.05) is 37.1 Å². The number of nitrogens with zero attached hydrogens (tertiary/aromatic N) is 2. The van der Waals surface area contributed by atoms with E-state index < -0.39 is 0 Å². The van der Waals surface area contributed by atoms with Crippen molar-refractivity contribution in [2.75, 3.05) is 13.2 Å².